The van der Waals surface area contributed by atoms with Gasteiger partial charge in [0.25, 0.3) is 0 Å². The molecule has 25 heavy (non-hydrogen) atoms. The Morgan fingerprint density at radius 2 is 2.28 bits per heavy atom. The van der Waals surface area contributed by atoms with Crippen LogP contribution in [0.5, 0.6) is 5.75 Å². The van der Waals surface area contributed by atoms with Gasteiger partial charge >= 0.3 is 11.7 Å². The number of methoxy groups -OCH3 is 1. The Labute approximate surface area is 147 Å². The number of rotatable bonds is 7. The van der Waals surface area contributed by atoms with Crippen LogP contribution in [-0.4, -0.2) is 48.6 Å². The zero-order chi connectivity index (χ0) is 18.4. The lowest BCUT2D eigenvalue weighted by Gasteiger charge is -2.34. The van der Waals surface area contributed by atoms with E-state index in [9.17, 15) is 14.9 Å². The predicted molar refractivity (Wildman–Crippen MR) is 92.3 cm³/mol. The smallest absolute Gasteiger partial charge is 0.343 e. The first kappa shape index (κ1) is 19.1. The number of carbonyl (C=O) groups is 1. The van der Waals surface area contributed by atoms with E-state index in [4.69, 9.17) is 10.5 Å². The molecule has 1 heterocycles. The average molecular weight is 351 g/mol. The van der Waals surface area contributed by atoms with Gasteiger partial charge in [-0.05, 0) is 43.9 Å². The molecule has 138 valence electrons. The number of piperidine rings is 1. The molecule has 1 aliphatic heterocycles. The average Bonchev–Trinajstić information content (AvgIpc) is 2.60. The largest absolute Gasteiger partial charge is 0.475 e. The van der Waals surface area contributed by atoms with Crippen LogP contribution in [0.4, 0.5) is 5.69 Å². The maximum absolute atomic E-state index is 11.3. The van der Waals surface area contributed by atoms with Gasteiger partial charge in [-0.15, -0.1) is 0 Å². The van der Waals surface area contributed by atoms with Crippen molar-refractivity contribution in [2.75, 3.05) is 26.8 Å². The molecule has 1 aromatic carbocycles. The van der Waals surface area contributed by atoms with Crippen molar-refractivity contribution in [1.82, 2.24) is 4.90 Å². The van der Waals surface area contributed by atoms with Gasteiger partial charge in [-0.3, -0.25) is 15.0 Å². The molecule has 0 saturated carbocycles. The fourth-order valence-electron chi connectivity index (χ4n) is 3.04. The third-order valence-electron chi connectivity index (χ3n) is 4.48. The molecule has 0 spiro atoms. The maximum Gasteiger partial charge on any atom is 0.343 e. The third-order valence-corrected chi connectivity index (χ3v) is 4.48. The molecule has 2 rings (SSSR count). The quantitative estimate of drug-likeness (QED) is 0.452. The molecule has 1 aliphatic rings. The summed E-state index contributed by atoms with van der Waals surface area (Å²) in [4.78, 5) is 24.2. The van der Waals surface area contributed by atoms with Crippen molar-refractivity contribution < 1.29 is 19.2 Å². The van der Waals surface area contributed by atoms with E-state index in [-0.39, 0.29) is 24.1 Å². The Bertz CT molecular complexity index is 620. The van der Waals surface area contributed by atoms with Crippen LogP contribution in [0.25, 0.3) is 0 Å². The molecule has 0 aromatic heterocycles. The summed E-state index contributed by atoms with van der Waals surface area (Å²) in [5.74, 6) is -0.0775. The van der Waals surface area contributed by atoms with Crippen molar-refractivity contribution in [3.05, 3.63) is 33.9 Å². The van der Waals surface area contributed by atoms with Gasteiger partial charge in [0.1, 0.15) is 0 Å². The summed E-state index contributed by atoms with van der Waals surface area (Å²) in [5.41, 5.74) is 6.69. The van der Waals surface area contributed by atoms with E-state index in [1.54, 1.807) is 6.07 Å². The van der Waals surface area contributed by atoms with Crippen molar-refractivity contribution in [2.24, 2.45) is 11.7 Å². The highest BCUT2D eigenvalue weighted by molar-refractivity contribution is 5.71. The molecule has 8 nitrogen and oxygen atoms in total. The van der Waals surface area contributed by atoms with E-state index < -0.39 is 10.9 Å². The minimum absolute atomic E-state index is 0.0613. The number of benzene rings is 1. The lowest BCUT2D eigenvalue weighted by Crippen LogP contribution is -2.41. The van der Waals surface area contributed by atoms with Crippen LogP contribution >= 0.6 is 0 Å². The number of nitro benzene ring substituents is 1. The van der Waals surface area contributed by atoms with Crippen molar-refractivity contribution in [2.45, 2.75) is 32.4 Å². The van der Waals surface area contributed by atoms with Gasteiger partial charge in [0.2, 0.25) is 0 Å². The van der Waals surface area contributed by atoms with Gasteiger partial charge < -0.3 is 15.2 Å². The van der Waals surface area contributed by atoms with E-state index in [1.807, 2.05) is 6.92 Å². The van der Waals surface area contributed by atoms with Crippen LogP contribution in [0, 0.1) is 16.0 Å². The van der Waals surface area contributed by atoms with Gasteiger partial charge in [-0.1, -0.05) is 6.07 Å². The summed E-state index contributed by atoms with van der Waals surface area (Å²) < 4.78 is 9.67. The summed E-state index contributed by atoms with van der Waals surface area (Å²) in [6.07, 6.45) is 2.20. The minimum Gasteiger partial charge on any atom is -0.475 e. The standard InChI is InChI=1S/C17H25N3O5/c1-12(18)14-4-3-7-19(10-14)9-13-5-6-16(15(8-13)20(22)23)25-11-17(21)24-2/h5-6,8,12,14H,3-4,7,9-11,18H2,1-2H3. The number of hydrogen-bond acceptors (Lipinski definition) is 7. The molecule has 2 unspecified atom stereocenters. The number of nitro groups is 1. The molecule has 0 amide bonds. The SMILES string of the molecule is COC(=O)COc1ccc(CN2CCCC(C(C)N)C2)cc1[N+](=O)[O-]. The third kappa shape index (κ3) is 5.40. The molecule has 1 saturated heterocycles. The van der Waals surface area contributed by atoms with Crippen molar-refractivity contribution in [3.8, 4) is 5.75 Å². The fraction of sp³-hybridized carbons (Fsp3) is 0.588. The Hall–Kier alpha value is -2.19. The molecule has 2 N–H and O–H groups in total. The molecule has 0 bridgehead atoms. The number of nitrogens with two attached hydrogens (primary N) is 1. The van der Waals surface area contributed by atoms with E-state index in [1.165, 1.54) is 19.2 Å². The van der Waals surface area contributed by atoms with Gasteiger partial charge in [0, 0.05) is 25.2 Å². The summed E-state index contributed by atoms with van der Waals surface area (Å²) in [5, 5.41) is 11.3. The fourth-order valence-corrected chi connectivity index (χ4v) is 3.04. The summed E-state index contributed by atoms with van der Waals surface area (Å²) in [6.45, 7) is 4.14. The Morgan fingerprint density at radius 3 is 2.92 bits per heavy atom. The first-order valence-electron chi connectivity index (χ1n) is 8.35. The molecule has 0 aliphatic carbocycles. The number of ether oxygens (including phenoxy) is 2. The second-order valence-electron chi connectivity index (χ2n) is 6.42. The number of hydrogen-bond donors (Lipinski definition) is 1. The van der Waals surface area contributed by atoms with Crippen molar-refractivity contribution in [1.29, 1.82) is 0 Å². The van der Waals surface area contributed by atoms with Gasteiger partial charge in [0.15, 0.2) is 12.4 Å². The first-order chi connectivity index (χ1) is 11.9. The normalized spacial score (nSPS) is 19.2. The summed E-state index contributed by atoms with van der Waals surface area (Å²) >= 11 is 0. The molecule has 0 radical (unpaired) electrons. The topological polar surface area (TPSA) is 108 Å². The Morgan fingerprint density at radius 1 is 1.52 bits per heavy atom. The monoisotopic (exact) mass is 351 g/mol. The zero-order valence-electron chi connectivity index (χ0n) is 14.6. The van der Waals surface area contributed by atoms with E-state index in [2.05, 4.69) is 9.64 Å². The second-order valence-corrected chi connectivity index (χ2v) is 6.42. The van der Waals surface area contributed by atoms with Gasteiger partial charge in [-0.25, -0.2) is 4.79 Å². The van der Waals surface area contributed by atoms with Crippen molar-refractivity contribution >= 4 is 11.7 Å². The zero-order valence-corrected chi connectivity index (χ0v) is 14.6. The van der Waals surface area contributed by atoms with E-state index >= 15 is 0 Å². The van der Waals surface area contributed by atoms with Crippen molar-refractivity contribution in [3.63, 3.8) is 0 Å². The predicted octanol–water partition coefficient (Wildman–Crippen LogP) is 1.71. The van der Waals surface area contributed by atoms with Crippen LogP contribution in [0.15, 0.2) is 18.2 Å². The Balaban J connectivity index is 2.07. The minimum atomic E-state index is -0.589. The van der Waals surface area contributed by atoms with Crippen LogP contribution in [0.3, 0.4) is 0 Å². The molecule has 1 fully saturated rings. The molecule has 8 heteroatoms. The lowest BCUT2D eigenvalue weighted by molar-refractivity contribution is -0.385. The number of nitrogens with zero attached hydrogens (tertiary/aromatic N) is 2. The highest BCUT2D eigenvalue weighted by Crippen LogP contribution is 2.29. The molecular formula is C17H25N3O5. The molecule has 2 atom stereocenters. The number of esters is 1. The lowest BCUT2D eigenvalue weighted by atomic mass is 9.92. The summed E-state index contributed by atoms with van der Waals surface area (Å²) in [6, 6.07) is 4.96. The summed E-state index contributed by atoms with van der Waals surface area (Å²) in [7, 11) is 1.23. The highest BCUT2D eigenvalue weighted by Gasteiger charge is 2.24. The molecule has 1 aromatic rings. The van der Waals surface area contributed by atoms with Crippen LogP contribution in [-0.2, 0) is 16.1 Å². The highest BCUT2D eigenvalue weighted by atomic mass is 16.6. The van der Waals surface area contributed by atoms with Crippen LogP contribution < -0.4 is 10.5 Å². The maximum atomic E-state index is 11.3. The van der Waals surface area contributed by atoms with Gasteiger partial charge in [-0.2, -0.15) is 0 Å². The number of likely N-dealkylation sites (tertiary alicyclic amines) is 1. The van der Waals surface area contributed by atoms with E-state index in [0.29, 0.717) is 12.5 Å². The number of carbonyl (C=O) groups excluding carboxylic acids is 1. The van der Waals surface area contributed by atoms with Crippen LogP contribution in [0.1, 0.15) is 25.3 Å². The molecular weight excluding hydrogens is 326 g/mol. The van der Waals surface area contributed by atoms with E-state index in [0.717, 1.165) is 31.5 Å². The van der Waals surface area contributed by atoms with Gasteiger partial charge in [0.05, 0.1) is 12.0 Å². The second kappa shape index (κ2) is 8.77. The van der Waals surface area contributed by atoms with Crippen LogP contribution in [0.2, 0.25) is 0 Å². The first-order valence-corrected chi connectivity index (χ1v) is 8.35. The Kier molecular flexibility index (Phi) is 6.72.